The number of carbonyl (C=O) groups is 2. The Morgan fingerprint density at radius 2 is 1.58 bits per heavy atom. The van der Waals surface area contributed by atoms with Crippen LogP contribution in [0.15, 0.2) is 42.2 Å². The van der Waals surface area contributed by atoms with Crippen LogP contribution in [0, 0.1) is 5.82 Å². The second-order valence-corrected chi connectivity index (χ2v) is 5.57. The number of allylic oxidation sites excluding steroid dienone is 1. The highest BCUT2D eigenvalue weighted by Gasteiger charge is 2.25. The van der Waals surface area contributed by atoms with Gasteiger partial charge in [-0.2, -0.15) is 0 Å². The molecular weight excluding hydrogens is 311 g/mol. The lowest BCUT2D eigenvalue weighted by Crippen LogP contribution is -2.21. The molecule has 0 bridgehead atoms. The first-order chi connectivity index (χ1) is 11.3. The molecule has 0 atom stereocenters. The minimum atomic E-state index is -0.692. The minimum Gasteiger partial charge on any atom is -0.462 e. The van der Waals surface area contributed by atoms with Crippen molar-refractivity contribution in [3.63, 3.8) is 0 Å². The van der Waals surface area contributed by atoms with Crippen molar-refractivity contribution < 1.29 is 18.7 Å². The molecule has 0 N–H and O–H groups in total. The second-order valence-electron chi connectivity index (χ2n) is 5.57. The summed E-state index contributed by atoms with van der Waals surface area (Å²) in [4.78, 5) is 28.4. The lowest BCUT2D eigenvalue weighted by Gasteiger charge is -2.15. The fourth-order valence-electron chi connectivity index (χ4n) is 1.97. The van der Waals surface area contributed by atoms with Gasteiger partial charge >= 0.3 is 5.97 Å². The van der Waals surface area contributed by atoms with Gasteiger partial charge in [-0.25, -0.2) is 9.18 Å². The Morgan fingerprint density at radius 3 is 2.04 bits per heavy atom. The van der Waals surface area contributed by atoms with Crippen molar-refractivity contribution >= 4 is 17.3 Å². The van der Waals surface area contributed by atoms with Crippen molar-refractivity contribution in [3.05, 3.63) is 53.6 Å². The Labute approximate surface area is 142 Å². The summed E-state index contributed by atoms with van der Waals surface area (Å²) in [6, 6.07) is 5.54. The molecule has 130 valence electrons. The van der Waals surface area contributed by atoms with Crippen molar-refractivity contribution in [2.45, 2.75) is 6.92 Å². The number of rotatable bonds is 7. The van der Waals surface area contributed by atoms with Crippen LogP contribution in [-0.4, -0.2) is 56.3 Å². The standard InChI is InChI=1S/C18H23FN2O3/c1-6-24-18(23)16(12-21(4)5)17(22)15(11-20(2)3)13-7-9-14(19)10-8-13/h7-12H,6H2,1-5H3/b15-11+,16-12+. The summed E-state index contributed by atoms with van der Waals surface area (Å²) in [6.07, 6.45) is 3.02. The molecule has 0 spiro atoms. The van der Waals surface area contributed by atoms with E-state index >= 15 is 0 Å². The normalized spacial score (nSPS) is 11.9. The highest BCUT2D eigenvalue weighted by atomic mass is 19.1. The van der Waals surface area contributed by atoms with Crippen LogP contribution < -0.4 is 0 Å². The topological polar surface area (TPSA) is 49.9 Å². The highest BCUT2D eigenvalue weighted by Crippen LogP contribution is 2.21. The van der Waals surface area contributed by atoms with Gasteiger partial charge in [0.1, 0.15) is 11.4 Å². The zero-order chi connectivity index (χ0) is 18.3. The molecule has 0 saturated heterocycles. The van der Waals surface area contributed by atoms with Crippen LogP contribution in [0.5, 0.6) is 0 Å². The number of carbonyl (C=O) groups excluding carboxylic acids is 2. The molecule has 0 radical (unpaired) electrons. The van der Waals surface area contributed by atoms with Crippen LogP contribution >= 0.6 is 0 Å². The van der Waals surface area contributed by atoms with Gasteiger partial charge in [-0.1, -0.05) is 12.1 Å². The number of hydrogen-bond acceptors (Lipinski definition) is 5. The molecule has 0 aliphatic carbocycles. The van der Waals surface area contributed by atoms with Gasteiger partial charge in [-0.15, -0.1) is 0 Å². The number of benzene rings is 1. The second kappa shape index (κ2) is 8.86. The lowest BCUT2D eigenvalue weighted by molar-refractivity contribution is -0.139. The third-order valence-corrected chi connectivity index (χ3v) is 2.91. The maximum atomic E-state index is 13.2. The van der Waals surface area contributed by atoms with Crippen LogP contribution in [0.1, 0.15) is 12.5 Å². The van der Waals surface area contributed by atoms with Gasteiger partial charge in [0.05, 0.1) is 6.61 Å². The number of esters is 1. The smallest absolute Gasteiger partial charge is 0.343 e. The third-order valence-electron chi connectivity index (χ3n) is 2.91. The number of nitrogens with zero attached hydrogens (tertiary/aromatic N) is 2. The SMILES string of the molecule is CCOC(=O)/C(=C/N(C)C)C(=O)/C(=C/N(C)C)c1ccc(F)cc1. The van der Waals surface area contributed by atoms with Gasteiger partial charge in [0.2, 0.25) is 5.78 Å². The number of ether oxygens (including phenoxy) is 1. The number of Topliss-reactive ketones (excluding diaryl/α,β-unsaturated/α-hetero) is 1. The molecule has 0 aliphatic heterocycles. The van der Waals surface area contributed by atoms with Gasteiger partial charge in [-0.05, 0) is 24.6 Å². The van der Waals surface area contributed by atoms with Gasteiger partial charge < -0.3 is 14.5 Å². The molecule has 5 nitrogen and oxygen atoms in total. The molecule has 0 heterocycles. The lowest BCUT2D eigenvalue weighted by atomic mass is 9.97. The number of ketones is 1. The zero-order valence-corrected chi connectivity index (χ0v) is 14.7. The van der Waals surface area contributed by atoms with Crippen molar-refractivity contribution in [2.24, 2.45) is 0 Å². The Bertz CT molecular complexity index is 647. The van der Waals surface area contributed by atoms with Crippen molar-refractivity contribution in [1.29, 1.82) is 0 Å². The van der Waals surface area contributed by atoms with Gasteiger partial charge in [0.25, 0.3) is 0 Å². The van der Waals surface area contributed by atoms with E-state index in [1.54, 1.807) is 51.1 Å². The molecule has 6 heteroatoms. The quantitative estimate of drug-likeness (QED) is 0.331. The minimum absolute atomic E-state index is 0.0840. The summed E-state index contributed by atoms with van der Waals surface area (Å²) >= 11 is 0. The van der Waals surface area contributed by atoms with E-state index in [9.17, 15) is 14.0 Å². The molecule has 0 aliphatic rings. The van der Waals surface area contributed by atoms with E-state index in [1.165, 1.54) is 30.5 Å². The number of hydrogen-bond donors (Lipinski definition) is 0. The van der Waals surface area contributed by atoms with Crippen LogP contribution in [0.2, 0.25) is 0 Å². The van der Waals surface area contributed by atoms with E-state index in [2.05, 4.69) is 0 Å². The maximum Gasteiger partial charge on any atom is 0.343 e. The summed E-state index contributed by atoms with van der Waals surface area (Å²) in [7, 11) is 6.94. The first kappa shape index (κ1) is 19.4. The van der Waals surface area contributed by atoms with Crippen LogP contribution in [0.4, 0.5) is 4.39 Å². The summed E-state index contributed by atoms with van der Waals surface area (Å²) in [5.41, 5.74) is 0.712. The van der Waals surface area contributed by atoms with Gasteiger partial charge in [0, 0.05) is 46.2 Å². The van der Waals surface area contributed by atoms with Crippen LogP contribution in [0.3, 0.4) is 0 Å². The number of halogens is 1. The van der Waals surface area contributed by atoms with E-state index in [1.807, 2.05) is 0 Å². The molecule has 1 aromatic rings. The Morgan fingerprint density at radius 1 is 1.04 bits per heavy atom. The fraction of sp³-hybridized carbons (Fsp3) is 0.333. The molecule has 24 heavy (non-hydrogen) atoms. The third kappa shape index (κ3) is 5.53. The predicted molar refractivity (Wildman–Crippen MR) is 91.5 cm³/mol. The van der Waals surface area contributed by atoms with Crippen molar-refractivity contribution in [2.75, 3.05) is 34.8 Å². The van der Waals surface area contributed by atoms with Crippen LogP contribution in [0.25, 0.3) is 5.57 Å². The largest absolute Gasteiger partial charge is 0.462 e. The summed E-state index contributed by atoms with van der Waals surface area (Å²) < 4.78 is 18.1. The Kier molecular flexibility index (Phi) is 7.17. The molecular formula is C18H23FN2O3. The summed E-state index contributed by atoms with van der Waals surface area (Å²) in [5, 5.41) is 0. The van der Waals surface area contributed by atoms with Crippen molar-refractivity contribution in [3.8, 4) is 0 Å². The molecule has 1 rings (SSSR count). The highest BCUT2D eigenvalue weighted by molar-refractivity contribution is 6.36. The van der Waals surface area contributed by atoms with Crippen LogP contribution in [-0.2, 0) is 14.3 Å². The van der Waals surface area contributed by atoms with Gasteiger partial charge in [-0.3, -0.25) is 4.79 Å². The Balaban J connectivity index is 3.36. The molecule has 0 fully saturated rings. The van der Waals surface area contributed by atoms with E-state index in [-0.39, 0.29) is 17.8 Å². The molecule has 0 unspecified atom stereocenters. The first-order valence-corrected chi connectivity index (χ1v) is 7.50. The zero-order valence-electron chi connectivity index (χ0n) is 14.7. The fourth-order valence-corrected chi connectivity index (χ4v) is 1.97. The molecule has 0 saturated carbocycles. The molecule has 0 aromatic heterocycles. The molecule has 0 amide bonds. The van der Waals surface area contributed by atoms with E-state index in [0.29, 0.717) is 5.56 Å². The van der Waals surface area contributed by atoms with Crippen molar-refractivity contribution in [1.82, 2.24) is 9.80 Å². The average Bonchev–Trinajstić information content (AvgIpc) is 2.50. The first-order valence-electron chi connectivity index (χ1n) is 7.50. The maximum absolute atomic E-state index is 13.2. The average molecular weight is 334 g/mol. The summed E-state index contributed by atoms with van der Waals surface area (Å²) in [6.45, 7) is 1.84. The monoisotopic (exact) mass is 334 g/mol. The van der Waals surface area contributed by atoms with E-state index in [4.69, 9.17) is 4.74 Å². The summed E-state index contributed by atoms with van der Waals surface area (Å²) in [5.74, 6) is -1.57. The van der Waals surface area contributed by atoms with E-state index in [0.717, 1.165) is 0 Å². The Hall–Kier alpha value is -2.63. The molecule has 1 aromatic carbocycles. The van der Waals surface area contributed by atoms with E-state index < -0.39 is 17.6 Å². The van der Waals surface area contributed by atoms with Gasteiger partial charge in [0.15, 0.2) is 0 Å². The predicted octanol–water partition coefficient (Wildman–Crippen LogP) is 2.31.